The smallest absolute Gasteiger partial charge is 0.325 e. The van der Waals surface area contributed by atoms with Crippen molar-refractivity contribution in [3.63, 3.8) is 0 Å². The van der Waals surface area contributed by atoms with Gasteiger partial charge in [-0.05, 0) is 45.6 Å². The number of carbonyl (C=O) groups is 1. The summed E-state index contributed by atoms with van der Waals surface area (Å²) in [5.74, 6) is -0.321. The van der Waals surface area contributed by atoms with Gasteiger partial charge in [0.1, 0.15) is 5.54 Å². The standard InChI is InChI=1S/C14H21N3O2S/c1-8-9(2)16-13(17-10(8)3)20-11-5-6-14(15,7-11)12(18)19-4/h11H,5-7,15H2,1-4H3. The van der Waals surface area contributed by atoms with Crippen LogP contribution in [0.1, 0.15) is 36.2 Å². The maximum Gasteiger partial charge on any atom is 0.325 e. The summed E-state index contributed by atoms with van der Waals surface area (Å²) in [5, 5.41) is 1.03. The van der Waals surface area contributed by atoms with Gasteiger partial charge in [0.15, 0.2) is 5.16 Å². The molecular formula is C14H21N3O2S. The zero-order valence-electron chi connectivity index (χ0n) is 12.4. The predicted octanol–water partition coefficient (Wildman–Crippen LogP) is 1.92. The molecule has 2 unspecified atom stereocenters. The van der Waals surface area contributed by atoms with Crippen molar-refractivity contribution in [1.29, 1.82) is 0 Å². The first-order chi connectivity index (χ1) is 9.35. The van der Waals surface area contributed by atoms with E-state index in [1.807, 2.05) is 20.8 Å². The quantitative estimate of drug-likeness (QED) is 0.678. The van der Waals surface area contributed by atoms with Crippen LogP contribution in [-0.2, 0) is 9.53 Å². The van der Waals surface area contributed by atoms with Gasteiger partial charge in [-0.3, -0.25) is 4.79 Å². The minimum atomic E-state index is -0.846. The van der Waals surface area contributed by atoms with E-state index in [0.29, 0.717) is 12.8 Å². The lowest BCUT2D eigenvalue weighted by Crippen LogP contribution is -2.46. The van der Waals surface area contributed by atoms with Crippen molar-refractivity contribution >= 4 is 17.7 Å². The lowest BCUT2D eigenvalue weighted by atomic mass is 10.00. The Labute approximate surface area is 123 Å². The molecule has 5 nitrogen and oxygen atoms in total. The van der Waals surface area contributed by atoms with Crippen molar-refractivity contribution in [3.05, 3.63) is 17.0 Å². The number of esters is 1. The maximum absolute atomic E-state index is 11.7. The highest BCUT2D eigenvalue weighted by Crippen LogP contribution is 2.38. The molecule has 2 atom stereocenters. The normalized spacial score (nSPS) is 25.8. The molecule has 0 amide bonds. The van der Waals surface area contributed by atoms with E-state index in [0.717, 1.165) is 28.5 Å². The molecule has 1 fully saturated rings. The van der Waals surface area contributed by atoms with E-state index in [4.69, 9.17) is 10.5 Å². The molecule has 1 aliphatic rings. The minimum Gasteiger partial charge on any atom is -0.468 e. The van der Waals surface area contributed by atoms with Crippen molar-refractivity contribution < 1.29 is 9.53 Å². The van der Waals surface area contributed by atoms with Gasteiger partial charge in [0, 0.05) is 16.6 Å². The second kappa shape index (κ2) is 5.69. The Morgan fingerprint density at radius 2 is 1.95 bits per heavy atom. The largest absolute Gasteiger partial charge is 0.468 e. The Morgan fingerprint density at radius 3 is 2.50 bits per heavy atom. The Hall–Kier alpha value is -1.14. The number of hydrogen-bond acceptors (Lipinski definition) is 6. The van der Waals surface area contributed by atoms with Gasteiger partial charge in [-0.2, -0.15) is 0 Å². The predicted molar refractivity (Wildman–Crippen MR) is 78.7 cm³/mol. The molecule has 0 radical (unpaired) electrons. The third-order valence-corrected chi connectivity index (χ3v) is 5.11. The topological polar surface area (TPSA) is 78.1 Å². The van der Waals surface area contributed by atoms with Crippen LogP contribution in [0.4, 0.5) is 0 Å². The first kappa shape index (κ1) is 15.3. The molecular weight excluding hydrogens is 274 g/mol. The molecule has 110 valence electrons. The van der Waals surface area contributed by atoms with Crippen molar-refractivity contribution in [2.24, 2.45) is 5.73 Å². The Balaban J connectivity index is 2.08. The van der Waals surface area contributed by atoms with E-state index < -0.39 is 5.54 Å². The Bertz CT molecular complexity index is 512. The van der Waals surface area contributed by atoms with Crippen LogP contribution in [0.2, 0.25) is 0 Å². The average molecular weight is 295 g/mol. The van der Waals surface area contributed by atoms with Crippen LogP contribution in [0.25, 0.3) is 0 Å². The molecule has 1 heterocycles. The van der Waals surface area contributed by atoms with E-state index in [1.54, 1.807) is 11.8 Å². The van der Waals surface area contributed by atoms with Gasteiger partial charge in [-0.25, -0.2) is 9.97 Å². The van der Waals surface area contributed by atoms with E-state index in [2.05, 4.69) is 9.97 Å². The number of carbonyl (C=O) groups excluding carboxylic acids is 1. The van der Waals surface area contributed by atoms with Crippen LogP contribution in [0, 0.1) is 20.8 Å². The lowest BCUT2D eigenvalue weighted by molar-refractivity contribution is -0.146. The molecule has 1 aromatic rings. The fraction of sp³-hybridized carbons (Fsp3) is 0.643. The SMILES string of the molecule is COC(=O)C1(N)CCC(Sc2nc(C)c(C)c(C)n2)C1. The average Bonchev–Trinajstić information content (AvgIpc) is 2.77. The van der Waals surface area contributed by atoms with Gasteiger partial charge in [0.25, 0.3) is 0 Å². The van der Waals surface area contributed by atoms with Gasteiger partial charge >= 0.3 is 5.97 Å². The fourth-order valence-electron chi connectivity index (χ4n) is 2.46. The van der Waals surface area contributed by atoms with Crippen LogP contribution in [0.15, 0.2) is 5.16 Å². The number of aryl methyl sites for hydroxylation is 2. The second-order valence-corrected chi connectivity index (χ2v) is 6.70. The lowest BCUT2D eigenvalue weighted by Gasteiger charge is -2.20. The summed E-state index contributed by atoms with van der Waals surface area (Å²) in [7, 11) is 1.38. The molecule has 0 saturated heterocycles. The molecule has 6 heteroatoms. The van der Waals surface area contributed by atoms with Crippen molar-refractivity contribution in [1.82, 2.24) is 9.97 Å². The summed E-state index contributed by atoms with van der Waals surface area (Å²) >= 11 is 1.61. The molecule has 0 aromatic carbocycles. The zero-order chi connectivity index (χ0) is 14.9. The molecule has 1 aromatic heterocycles. The van der Waals surface area contributed by atoms with E-state index >= 15 is 0 Å². The van der Waals surface area contributed by atoms with Crippen LogP contribution in [0.5, 0.6) is 0 Å². The number of hydrogen-bond donors (Lipinski definition) is 1. The van der Waals surface area contributed by atoms with E-state index in [-0.39, 0.29) is 11.2 Å². The summed E-state index contributed by atoms with van der Waals surface area (Å²) < 4.78 is 4.79. The van der Waals surface area contributed by atoms with Crippen molar-refractivity contribution in [2.75, 3.05) is 7.11 Å². The first-order valence-electron chi connectivity index (χ1n) is 6.71. The fourth-order valence-corrected chi connectivity index (χ4v) is 3.76. The number of aromatic nitrogens is 2. The summed E-state index contributed by atoms with van der Waals surface area (Å²) in [6.07, 6.45) is 2.15. The van der Waals surface area contributed by atoms with Gasteiger partial charge in [0.2, 0.25) is 0 Å². The minimum absolute atomic E-state index is 0.264. The zero-order valence-corrected chi connectivity index (χ0v) is 13.2. The summed E-state index contributed by atoms with van der Waals surface area (Å²) in [4.78, 5) is 20.7. The van der Waals surface area contributed by atoms with Gasteiger partial charge in [-0.15, -0.1) is 0 Å². The van der Waals surface area contributed by atoms with Crippen LogP contribution in [0.3, 0.4) is 0 Å². The molecule has 2 N–H and O–H groups in total. The number of rotatable bonds is 3. The molecule has 2 rings (SSSR count). The Kier molecular flexibility index (Phi) is 4.34. The van der Waals surface area contributed by atoms with Gasteiger partial charge < -0.3 is 10.5 Å². The van der Waals surface area contributed by atoms with E-state index in [9.17, 15) is 4.79 Å². The number of nitrogens with two attached hydrogens (primary N) is 1. The highest BCUT2D eigenvalue weighted by Gasteiger charge is 2.43. The van der Waals surface area contributed by atoms with Crippen molar-refractivity contribution in [3.8, 4) is 0 Å². The monoisotopic (exact) mass is 295 g/mol. The van der Waals surface area contributed by atoms with Crippen molar-refractivity contribution in [2.45, 2.75) is 56.0 Å². The number of ether oxygens (including phenoxy) is 1. The molecule has 0 spiro atoms. The molecule has 1 aliphatic carbocycles. The molecule has 0 aliphatic heterocycles. The van der Waals surface area contributed by atoms with Crippen LogP contribution >= 0.6 is 11.8 Å². The number of methoxy groups -OCH3 is 1. The molecule has 20 heavy (non-hydrogen) atoms. The Morgan fingerprint density at radius 1 is 1.35 bits per heavy atom. The third-order valence-electron chi connectivity index (χ3n) is 3.98. The summed E-state index contributed by atoms with van der Waals surface area (Å²) in [6, 6.07) is 0. The number of thioether (sulfide) groups is 1. The van der Waals surface area contributed by atoms with Crippen LogP contribution in [-0.4, -0.2) is 33.8 Å². The highest BCUT2D eigenvalue weighted by atomic mass is 32.2. The third kappa shape index (κ3) is 2.96. The summed E-state index contributed by atoms with van der Waals surface area (Å²) in [6.45, 7) is 6.01. The van der Waals surface area contributed by atoms with Gasteiger partial charge in [0.05, 0.1) is 7.11 Å². The molecule has 0 bridgehead atoms. The highest BCUT2D eigenvalue weighted by molar-refractivity contribution is 7.99. The van der Waals surface area contributed by atoms with E-state index in [1.165, 1.54) is 7.11 Å². The first-order valence-corrected chi connectivity index (χ1v) is 7.59. The van der Waals surface area contributed by atoms with Gasteiger partial charge in [-0.1, -0.05) is 11.8 Å². The van der Waals surface area contributed by atoms with Crippen LogP contribution < -0.4 is 5.73 Å². The maximum atomic E-state index is 11.7. The second-order valence-electron chi connectivity index (χ2n) is 5.43. The number of nitrogens with zero attached hydrogens (tertiary/aromatic N) is 2. The molecule has 1 saturated carbocycles. The summed E-state index contributed by atoms with van der Waals surface area (Å²) in [5.41, 5.74) is 8.40.